The number of benzene rings is 1. The predicted octanol–water partition coefficient (Wildman–Crippen LogP) is 2.16. The van der Waals surface area contributed by atoms with E-state index in [2.05, 4.69) is 10.3 Å². The third kappa shape index (κ3) is 4.55. The fraction of sp³-hybridized carbons (Fsp3) is 0.286. The van der Waals surface area contributed by atoms with Crippen LogP contribution in [0.3, 0.4) is 0 Å². The first-order valence-electron chi connectivity index (χ1n) is 9.12. The molecule has 0 saturated carbocycles. The molecule has 0 radical (unpaired) electrons. The van der Waals surface area contributed by atoms with E-state index in [0.717, 1.165) is 11.3 Å². The molecule has 152 valence electrons. The second kappa shape index (κ2) is 8.74. The van der Waals surface area contributed by atoms with Crippen molar-refractivity contribution in [3.63, 3.8) is 0 Å². The minimum atomic E-state index is -0.579. The van der Waals surface area contributed by atoms with E-state index in [1.165, 1.54) is 12.0 Å². The zero-order chi connectivity index (χ0) is 21.0. The highest BCUT2D eigenvalue weighted by Gasteiger charge is 2.34. The maximum Gasteiger partial charge on any atom is 0.337 e. The number of rotatable bonds is 7. The van der Waals surface area contributed by atoms with Gasteiger partial charge in [0.1, 0.15) is 17.2 Å². The van der Waals surface area contributed by atoms with Gasteiger partial charge in [-0.15, -0.1) is 0 Å². The minimum Gasteiger partial charge on any atom is -0.466 e. The van der Waals surface area contributed by atoms with Crippen molar-refractivity contribution >= 4 is 17.6 Å². The molecule has 3 rings (SSSR count). The fourth-order valence-corrected chi connectivity index (χ4v) is 2.98. The van der Waals surface area contributed by atoms with Crippen LogP contribution in [0.4, 0.5) is 5.69 Å². The van der Waals surface area contributed by atoms with Crippen LogP contribution in [0.1, 0.15) is 11.3 Å². The number of ether oxygens (including phenoxy) is 2. The van der Waals surface area contributed by atoms with Crippen molar-refractivity contribution in [1.29, 1.82) is 0 Å². The number of carbonyl (C=O) groups is 2. The number of carbonyl (C=O) groups excluding carboxylic acids is 2. The number of β-amino-alcohol motifs (C(OH)–C–C–N with tert-alkyl or cyclic N) is 1. The normalized spacial score (nSPS) is 13.7. The third-order valence-corrected chi connectivity index (χ3v) is 4.51. The van der Waals surface area contributed by atoms with E-state index in [9.17, 15) is 9.59 Å². The Morgan fingerprint density at radius 2 is 2.07 bits per heavy atom. The van der Waals surface area contributed by atoms with Crippen molar-refractivity contribution in [3.05, 3.63) is 59.1 Å². The van der Waals surface area contributed by atoms with Gasteiger partial charge in [-0.1, -0.05) is 0 Å². The fourth-order valence-electron chi connectivity index (χ4n) is 2.98. The molecule has 2 N–H and O–H groups in total. The van der Waals surface area contributed by atoms with Gasteiger partial charge < -0.3 is 24.8 Å². The Hall–Kier alpha value is -3.39. The van der Waals surface area contributed by atoms with E-state index in [1.807, 2.05) is 32.0 Å². The van der Waals surface area contributed by atoms with Crippen LogP contribution in [0.2, 0.25) is 0 Å². The van der Waals surface area contributed by atoms with Gasteiger partial charge in [0.05, 0.1) is 32.0 Å². The number of pyridine rings is 1. The number of aryl methyl sites for hydroxylation is 2. The molecule has 1 amide bonds. The van der Waals surface area contributed by atoms with E-state index in [4.69, 9.17) is 14.6 Å². The first-order valence-corrected chi connectivity index (χ1v) is 9.12. The van der Waals surface area contributed by atoms with Gasteiger partial charge in [-0.3, -0.25) is 9.78 Å². The SMILES string of the molecule is COC(=O)C1=C(Nc2ccc(Oc3ccc(C)nc3)c(C)c2)C(=O)N(CCO)C1. The molecule has 0 spiro atoms. The number of nitrogens with one attached hydrogen (secondary N) is 1. The average Bonchev–Trinajstić information content (AvgIpc) is 3.01. The summed E-state index contributed by atoms with van der Waals surface area (Å²) in [7, 11) is 1.27. The lowest BCUT2D eigenvalue weighted by Gasteiger charge is -2.15. The van der Waals surface area contributed by atoms with Gasteiger partial charge in [0.25, 0.3) is 5.91 Å². The number of aliphatic hydroxyl groups is 1. The molecule has 1 aliphatic heterocycles. The number of hydrogen-bond acceptors (Lipinski definition) is 7. The quantitative estimate of drug-likeness (QED) is 0.691. The summed E-state index contributed by atoms with van der Waals surface area (Å²) >= 11 is 0. The number of methoxy groups -OCH3 is 1. The number of hydrogen-bond donors (Lipinski definition) is 2. The molecule has 8 nitrogen and oxygen atoms in total. The molecule has 2 heterocycles. The van der Waals surface area contributed by atoms with E-state index in [1.54, 1.807) is 18.3 Å². The van der Waals surface area contributed by atoms with Gasteiger partial charge in [-0.2, -0.15) is 0 Å². The minimum absolute atomic E-state index is 0.0923. The highest BCUT2D eigenvalue weighted by molar-refractivity contribution is 6.08. The maximum absolute atomic E-state index is 12.6. The smallest absolute Gasteiger partial charge is 0.337 e. The van der Waals surface area contributed by atoms with Gasteiger partial charge in [-0.05, 0) is 49.7 Å². The molecule has 0 fully saturated rings. The molecule has 0 bridgehead atoms. The van der Waals surface area contributed by atoms with E-state index < -0.39 is 5.97 Å². The number of esters is 1. The van der Waals surface area contributed by atoms with Gasteiger partial charge in [0.2, 0.25) is 0 Å². The molecule has 1 aliphatic rings. The van der Waals surface area contributed by atoms with Crippen LogP contribution in [-0.2, 0) is 14.3 Å². The van der Waals surface area contributed by atoms with E-state index >= 15 is 0 Å². The van der Waals surface area contributed by atoms with E-state index in [-0.39, 0.29) is 36.9 Å². The molecule has 0 unspecified atom stereocenters. The largest absolute Gasteiger partial charge is 0.466 e. The summed E-state index contributed by atoms with van der Waals surface area (Å²) in [6.45, 7) is 3.83. The van der Waals surface area contributed by atoms with Crippen molar-refractivity contribution in [1.82, 2.24) is 9.88 Å². The summed E-state index contributed by atoms with van der Waals surface area (Å²) in [6.07, 6.45) is 1.65. The molecular formula is C21H23N3O5. The first-order chi connectivity index (χ1) is 13.9. The van der Waals surface area contributed by atoms with Crippen molar-refractivity contribution in [2.75, 3.05) is 32.1 Å². The average molecular weight is 397 g/mol. The molecule has 8 heteroatoms. The second-order valence-electron chi connectivity index (χ2n) is 6.64. The highest BCUT2D eigenvalue weighted by Crippen LogP contribution is 2.29. The number of aromatic nitrogens is 1. The Kier molecular flexibility index (Phi) is 6.13. The van der Waals surface area contributed by atoms with Crippen LogP contribution in [0, 0.1) is 13.8 Å². The Morgan fingerprint density at radius 1 is 1.28 bits per heavy atom. The number of amides is 1. The Balaban J connectivity index is 1.81. The standard InChI is InChI=1S/C21H23N3O5/c1-13-10-15(5-7-18(13)29-16-6-4-14(2)22-11-16)23-19-17(21(27)28-3)12-24(8-9-25)20(19)26/h4-7,10-11,23,25H,8-9,12H2,1-3H3. The Labute approximate surface area is 168 Å². The lowest BCUT2D eigenvalue weighted by atomic mass is 10.1. The van der Waals surface area contributed by atoms with Crippen molar-refractivity contribution in [3.8, 4) is 11.5 Å². The van der Waals surface area contributed by atoms with Crippen LogP contribution < -0.4 is 10.1 Å². The molecule has 0 saturated heterocycles. The van der Waals surface area contributed by atoms with Crippen molar-refractivity contribution < 1.29 is 24.2 Å². The molecule has 29 heavy (non-hydrogen) atoms. The van der Waals surface area contributed by atoms with Gasteiger partial charge in [0, 0.05) is 17.9 Å². The lowest BCUT2D eigenvalue weighted by Crippen LogP contribution is -2.31. The number of anilines is 1. The summed E-state index contributed by atoms with van der Waals surface area (Å²) < 4.78 is 10.6. The summed E-state index contributed by atoms with van der Waals surface area (Å²) in [5.74, 6) is 0.344. The molecule has 0 aliphatic carbocycles. The van der Waals surface area contributed by atoms with Gasteiger partial charge in [0.15, 0.2) is 0 Å². The number of nitrogens with zero attached hydrogens (tertiary/aromatic N) is 2. The summed E-state index contributed by atoms with van der Waals surface area (Å²) in [5, 5.41) is 12.2. The Bertz CT molecular complexity index is 953. The highest BCUT2D eigenvalue weighted by atomic mass is 16.5. The van der Waals surface area contributed by atoms with Crippen LogP contribution in [-0.4, -0.2) is 53.7 Å². The number of aliphatic hydroxyl groups excluding tert-OH is 1. The van der Waals surface area contributed by atoms with Gasteiger partial charge in [-0.25, -0.2) is 4.79 Å². The monoisotopic (exact) mass is 397 g/mol. The molecule has 0 atom stereocenters. The van der Waals surface area contributed by atoms with Gasteiger partial charge >= 0.3 is 5.97 Å². The maximum atomic E-state index is 12.6. The molecular weight excluding hydrogens is 374 g/mol. The van der Waals surface area contributed by atoms with Crippen LogP contribution in [0.25, 0.3) is 0 Å². The molecule has 1 aromatic carbocycles. The zero-order valence-electron chi connectivity index (χ0n) is 16.6. The first kappa shape index (κ1) is 20.3. The predicted molar refractivity (Wildman–Crippen MR) is 107 cm³/mol. The zero-order valence-corrected chi connectivity index (χ0v) is 16.6. The summed E-state index contributed by atoms with van der Waals surface area (Å²) in [5.41, 5.74) is 2.76. The van der Waals surface area contributed by atoms with Crippen molar-refractivity contribution in [2.24, 2.45) is 0 Å². The topological polar surface area (TPSA) is 101 Å². The van der Waals surface area contributed by atoms with Crippen LogP contribution >= 0.6 is 0 Å². The molecule has 2 aromatic rings. The van der Waals surface area contributed by atoms with E-state index in [0.29, 0.717) is 17.2 Å². The third-order valence-electron chi connectivity index (χ3n) is 4.51. The van der Waals surface area contributed by atoms with Crippen LogP contribution in [0.5, 0.6) is 11.5 Å². The second-order valence-corrected chi connectivity index (χ2v) is 6.64. The lowest BCUT2D eigenvalue weighted by molar-refractivity contribution is -0.136. The summed E-state index contributed by atoms with van der Waals surface area (Å²) in [6, 6.07) is 9.06. The summed E-state index contributed by atoms with van der Waals surface area (Å²) in [4.78, 5) is 30.3. The molecule has 1 aromatic heterocycles. The van der Waals surface area contributed by atoms with Crippen LogP contribution in [0.15, 0.2) is 47.8 Å². The Morgan fingerprint density at radius 3 is 2.69 bits per heavy atom. The van der Waals surface area contributed by atoms with Crippen molar-refractivity contribution in [2.45, 2.75) is 13.8 Å².